The summed E-state index contributed by atoms with van der Waals surface area (Å²) in [6, 6.07) is 6.36. The summed E-state index contributed by atoms with van der Waals surface area (Å²) in [6.07, 6.45) is 10.4. The third-order valence-corrected chi connectivity index (χ3v) is 5.63. The Kier molecular flexibility index (Phi) is 7.46. The third kappa shape index (κ3) is 5.33. The number of nitrogens with zero attached hydrogens (tertiary/aromatic N) is 3. The van der Waals surface area contributed by atoms with E-state index in [9.17, 15) is 4.79 Å². The zero-order chi connectivity index (χ0) is 19.8. The minimum Gasteiger partial charge on any atom is -0.494 e. The summed E-state index contributed by atoms with van der Waals surface area (Å²) >= 11 is 0. The van der Waals surface area contributed by atoms with Crippen molar-refractivity contribution in [1.29, 1.82) is 0 Å². The van der Waals surface area contributed by atoms with E-state index in [1.165, 1.54) is 32.1 Å². The molecule has 1 heterocycles. The van der Waals surface area contributed by atoms with Gasteiger partial charge in [-0.25, -0.2) is 5.01 Å². The van der Waals surface area contributed by atoms with Gasteiger partial charge in [0.25, 0.3) is 0 Å². The van der Waals surface area contributed by atoms with Crippen molar-refractivity contribution in [3.63, 3.8) is 0 Å². The highest BCUT2D eigenvalue weighted by atomic mass is 16.5. The molecule has 1 aliphatic carbocycles. The summed E-state index contributed by atoms with van der Waals surface area (Å²) in [5, 5.41) is 9.22. The predicted molar refractivity (Wildman–Crippen MR) is 114 cm³/mol. The van der Waals surface area contributed by atoms with Gasteiger partial charge < -0.3 is 10.1 Å². The van der Waals surface area contributed by atoms with E-state index >= 15 is 0 Å². The van der Waals surface area contributed by atoms with Crippen molar-refractivity contribution in [3.05, 3.63) is 23.8 Å². The number of carbonyl (C=O) groups excluding carboxylic acids is 1. The molecule has 0 bridgehead atoms. The lowest BCUT2D eigenvalue weighted by Crippen LogP contribution is -2.37. The van der Waals surface area contributed by atoms with Crippen LogP contribution in [0, 0.1) is 0 Å². The van der Waals surface area contributed by atoms with Gasteiger partial charge in [-0.3, -0.25) is 9.79 Å². The number of ether oxygens (including phenoxy) is 1. The van der Waals surface area contributed by atoms with E-state index in [0.717, 1.165) is 48.5 Å². The number of rotatable bonds is 8. The summed E-state index contributed by atoms with van der Waals surface area (Å²) in [7, 11) is 1.85. The van der Waals surface area contributed by atoms with Crippen LogP contribution in [0.2, 0.25) is 0 Å². The summed E-state index contributed by atoms with van der Waals surface area (Å²) in [5.74, 6) is 1.99. The second kappa shape index (κ2) is 10.2. The number of hydrogen-bond donors (Lipinski definition) is 1. The van der Waals surface area contributed by atoms with Gasteiger partial charge in [-0.2, -0.15) is 5.10 Å². The number of aryl methyl sites for hydroxylation is 1. The number of hydrazone groups is 1. The topological polar surface area (TPSA) is 66.3 Å². The Labute approximate surface area is 168 Å². The van der Waals surface area contributed by atoms with Gasteiger partial charge in [-0.1, -0.05) is 19.3 Å². The maximum Gasteiger partial charge on any atom is 0.224 e. The van der Waals surface area contributed by atoms with Crippen molar-refractivity contribution in [2.24, 2.45) is 10.1 Å². The molecule has 0 unspecified atom stereocenters. The Morgan fingerprint density at radius 2 is 2.07 bits per heavy atom. The van der Waals surface area contributed by atoms with Crippen LogP contribution in [0.5, 0.6) is 5.75 Å². The quantitative estimate of drug-likeness (QED) is 0.313. The molecule has 152 valence electrons. The van der Waals surface area contributed by atoms with E-state index in [1.54, 1.807) is 0 Å². The molecule has 0 atom stereocenters. The van der Waals surface area contributed by atoms with E-state index in [-0.39, 0.29) is 5.91 Å². The van der Waals surface area contributed by atoms with Crippen LogP contribution >= 0.6 is 0 Å². The summed E-state index contributed by atoms with van der Waals surface area (Å²) in [4.78, 5) is 15.9. The summed E-state index contributed by atoms with van der Waals surface area (Å²) in [6.45, 7) is 4.45. The number of amidine groups is 1. The van der Waals surface area contributed by atoms with Crippen LogP contribution in [0.1, 0.15) is 63.4 Å². The van der Waals surface area contributed by atoms with Crippen molar-refractivity contribution < 1.29 is 9.53 Å². The molecule has 1 N–H and O–H groups in total. The zero-order valence-corrected chi connectivity index (χ0v) is 17.0. The average molecular weight is 385 g/mol. The fraction of sp³-hybridized carbons (Fsp3) is 0.591. The van der Waals surface area contributed by atoms with Crippen molar-refractivity contribution in [3.8, 4) is 5.75 Å². The number of aliphatic imine (C=N–C) groups is 1. The van der Waals surface area contributed by atoms with Gasteiger partial charge in [0.2, 0.25) is 5.91 Å². The van der Waals surface area contributed by atoms with Gasteiger partial charge in [0.05, 0.1) is 12.6 Å². The SMILES string of the molecule is C=NN(C(CCCCOc1ccc2c(c1)CCC(=O)N2)=NC)C1CCCCC1. The minimum atomic E-state index is 0.0887. The molecule has 28 heavy (non-hydrogen) atoms. The third-order valence-electron chi connectivity index (χ3n) is 5.63. The van der Waals surface area contributed by atoms with E-state index in [2.05, 4.69) is 27.1 Å². The van der Waals surface area contributed by atoms with E-state index in [1.807, 2.05) is 25.2 Å². The number of amides is 1. The molecule has 6 nitrogen and oxygen atoms in total. The van der Waals surface area contributed by atoms with Gasteiger partial charge in [-0.05, 0) is 55.9 Å². The molecule has 1 fully saturated rings. The molecule has 0 aromatic heterocycles. The van der Waals surface area contributed by atoms with Gasteiger partial charge >= 0.3 is 0 Å². The first-order valence-corrected chi connectivity index (χ1v) is 10.5. The molecule has 1 aromatic rings. The molecule has 1 amide bonds. The standard InChI is InChI=1S/C22H32N4O2/c1-23-21(26(24-2)18-8-4-3-5-9-18)10-6-7-15-28-19-12-13-20-17(16-19)11-14-22(27)25-20/h12-13,16,18H,2-11,14-15H2,1H3,(H,25,27). The largest absolute Gasteiger partial charge is 0.494 e. The molecule has 2 aliphatic rings. The Morgan fingerprint density at radius 1 is 1.25 bits per heavy atom. The maximum absolute atomic E-state index is 11.4. The van der Waals surface area contributed by atoms with Crippen LogP contribution in [0.25, 0.3) is 0 Å². The van der Waals surface area contributed by atoms with Crippen LogP contribution in [0.4, 0.5) is 5.69 Å². The fourth-order valence-electron chi connectivity index (χ4n) is 4.09. The van der Waals surface area contributed by atoms with Gasteiger partial charge in [0, 0.05) is 32.3 Å². The first kappa shape index (κ1) is 20.4. The highest BCUT2D eigenvalue weighted by molar-refractivity contribution is 5.94. The number of fused-ring (bicyclic) bond motifs is 1. The number of benzene rings is 1. The molecule has 1 saturated carbocycles. The lowest BCUT2D eigenvalue weighted by atomic mass is 9.95. The zero-order valence-electron chi connectivity index (χ0n) is 17.0. The fourth-order valence-corrected chi connectivity index (χ4v) is 4.09. The predicted octanol–water partition coefficient (Wildman–Crippen LogP) is 4.40. The van der Waals surface area contributed by atoms with Crippen molar-refractivity contribution in [2.45, 2.75) is 70.3 Å². The smallest absolute Gasteiger partial charge is 0.224 e. The van der Waals surface area contributed by atoms with E-state index in [4.69, 9.17) is 4.74 Å². The Balaban J connectivity index is 1.42. The molecular formula is C22H32N4O2. The van der Waals surface area contributed by atoms with Crippen molar-refractivity contribution >= 4 is 24.1 Å². The number of nitrogens with one attached hydrogen (secondary N) is 1. The molecular weight excluding hydrogens is 352 g/mol. The molecule has 0 radical (unpaired) electrons. The first-order chi connectivity index (χ1) is 13.7. The van der Waals surface area contributed by atoms with Gasteiger partial charge in [0.15, 0.2) is 0 Å². The molecule has 3 rings (SSSR count). The number of hydrogen-bond acceptors (Lipinski definition) is 4. The second-order valence-electron chi connectivity index (χ2n) is 7.59. The van der Waals surface area contributed by atoms with Crippen molar-refractivity contribution in [2.75, 3.05) is 19.0 Å². The van der Waals surface area contributed by atoms with Crippen LogP contribution in [0.3, 0.4) is 0 Å². The lowest BCUT2D eigenvalue weighted by Gasteiger charge is -2.32. The Hall–Kier alpha value is -2.37. The lowest BCUT2D eigenvalue weighted by molar-refractivity contribution is -0.116. The normalized spacial score (nSPS) is 17.6. The number of carbonyl (C=O) groups is 1. The van der Waals surface area contributed by atoms with Gasteiger partial charge in [-0.15, -0.1) is 0 Å². The molecule has 6 heteroatoms. The average Bonchev–Trinajstić information content (AvgIpc) is 2.73. The molecule has 1 aliphatic heterocycles. The first-order valence-electron chi connectivity index (χ1n) is 10.5. The maximum atomic E-state index is 11.4. The Bertz CT molecular complexity index is 710. The monoisotopic (exact) mass is 384 g/mol. The van der Waals surface area contributed by atoms with E-state index in [0.29, 0.717) is 19.1 Å². The summed E-state index contributed by atoms with van der Waals surface area (Å²) in [5.41, 5.74) is 2.06. The Morgan fingerprint density at radius 3 is 2.82 bits per heavy atom. The second-order valence-corrected chi connectivity index (χ2v) is 7.59. The van der Waals surface area contributed by atoms with Crippen LogP contribution in [-0.2, 0) is 11.2 Å². The van der Waals surface area contributed by atoms with E-state index < -0.39 is 0 Å². The van der Waals surface area contributed by atoms with Crippen molar-refractivity contribution in [1.82, 2.24) is 5.01 Å². The van der Waals surface area contributed by atoms with Crippen LogP contribution in [0.15, 0.2) is 28.3 Å². The minimum absolute atomic E-state index is 0.0887. The van der Waals surface area contributed by atoms with Crippen LogP contribution in [-0.4, -0.2) is 43.2 Å². The number of unbranched alkanes of at least 4 members (excludes halogenated alkanes) is 1. The highest BCUT2D eigenvalue weighted by Gasteiger charge is 2.22. The van der Waals surface area contributed by atoms with Gasteiger partial charge in [0.1, 0.15) is 11.6 Å². The molecule has 1 aromatic carbocycles. The van der Waals surface area contributed by atoms with Crippen LogP contribution < -0.4 is 10.1 Å². The number of anilines is 1. The summed E-state index contributed by atoms with van der Waals surface area (Å²) < 4.78 is 5.92. The highest BCUT2D eigenvalue weighted by Crippen LogP contribution is 2.27. The molecule has 0 saturated heterocycles. The molecule has 0 spiro atoms.